The van der Waals surface area contributed by atoms with Crippen LogP contribution in [0.1, 0.15) is 28.4 Å². The monoisotopic (exact) mass is 450 g/mol. The summed E-state index contributed by atoms with van der Waals surface area (Å²) in [6.45, 7) is -0.653. The highest BCUT2D eigenvalue weighted by atomic mass is 16.7. The van der Waals surface area contributed by atoms with Gasteiger partial charge in [0.25, 0.3) is 0 Å². The van der Waals surface area contributed by atoms with Crippen molar-refractivity contribution in [3.8, 4) is 28.7 Å². The molecule has 0 bridgehead atoms. The van der Waals surface area contributed by atoms with Gasteiger partial charge in [0.2, 0.25) is 12.0 Å². The number of phenolic OH excluding ortho intramolecular Hbond substituents is 3. The van der Waals surface area contributed by atoms with Crippen LogP contribution < -0.4 is 9.47 Å². The van der Waals surface area contributed by atoms with Gasteiger partial charge in [0.15, 0.2) is 28.8 Å². The van der Waals surface area contributed by atoms with Crippen molar-refractivity contribution in [1.29, 1.82) is 0 Å². The molecular weight excluding hydrogens is 428 g/mol. The van der Waals surface area contributed by atoms with E-state index in [2.05, 4.69) is 0 Å². The second-order valence-electron chi connectivity index (χ2n) is 7.59. The van der Waals surface area contributed by atoms with Crippen molar-refractivity contribution < 1.29 is 54.8 Å². The van der Waals surface area contributed by atoms with Gasteiger partial charge in [-0.3, -0.25) is 4.79 Å². The first-order chi connectivity index (χ1) is 15.2. The minimum absolute atomic E-state index is 0.0798. The van der Waals surface area contributed by atoms with E-state index in [1.54, 1.807) is 0 Å². The number of ether oxygens (including phenoxy) is 3. The van der Waals surface area contributed by atoms with E-state index >= 15 is 0 Å². The van der Waals surface area contributed by atoms with Crippen LogP contribution >= 0.6 is 0 Å². The summed E-state index contributed by atoms with van der Waals surface area (Å²) in [7, 11) is 0. The summed E-state index contributed by atoms with van der Waals surface area (Å²) in [6, 6.07) is 6.55. The zero-order chi connectivity index (χ0) is 23.2. The fraction of sp³-hybridized carbons (Fsp3) is 0.381. The highest BCUT2D eigenvalue weighted by Crippen LogP contribution is 2.46. The molecule has 2 aliphatic rings. The topological polar surface area (TPSA) is 186 Å². The van der Waals surface area contributed by atoms with Crippen LogP contribution in [-0.4, -0.2) is 78.8 Å². The number of aromatic hydroxyl groups is 3. The lowest BCUT2D eigenvalue weighted by atomic mass is 9.95. The van der Waals surface area contributed by atoms with Gasteiger partial charge in [-0.05, 0) is 29.8 Å². The number of aliphatic hydroxyl groups is 4. The molecule has 2 aliphatic heterocycles. The van der Waals surface area contributed by atoms with E-state index in [0.29, 0.717) is 5.56 Å². The number of hydrogen-bond acceptors (Lipinski definition) is 11. The molecule has 1 saturated heterocycles. The van der Waals surface area contributed by atoms with Crippen LogP contribution in [-0.2, 0) is 4.74 Å². The molecule has 0 amide bonds. The van der Waals surface area contributed by atoms with E-state index in [9.17, 15) is 40.5 Å². The fourth-order valence-corrected chi connectivity index (χ4v) is 3.67. The Bertz CT molecular complexity index is 1020. The van der Waals surface area contributed by atoms with Crippen LogP contribution in [0.2, 0.25) is 0 Å². The average Bonchev–Trinajstić information content (AvgIpc) is 2.77. The lowest BCUT2D eigenvalue weighted by Gasteiger charge is -2.39. The fourth-order valence-electron chi connectivity index (χ4n) is 3.67. The number of carbonyl (C=O) groups is 1. The molecule has 2 aromatic carbocycles. The third-order valence-electron chi connectivity index (χ3n) is 5.49. The molecule has 32 heavy (non-hydrogen) atoms. The summed E-state index contributed by atoms with van der Waals surface area (Å²) in [6.07, 6.45) is -8.64. The standard InChI is InChI=1S/C21H22O11/c22-7-15-16(26)18(28)19(29)21(32-15)31-13-4-2-9-11(24)6-14(30-20(9)17(13)27)8-1-3-10(23)12(25)5-8/h1-5,14-16,18-19,21-23,25-29H,6-7H2/t14-,15+,16+,18-,19-,21-/m1/s1. The lowest BCUT2D eigenvalue weighted by Crippen LogP contribution is -2.60. The molecule has 11 heteroatoms. The maximum atomic E-state index is 12.6. The molecule has 0 radical (unpaired) electrons. The zero-order valence-corrected chi connectivity index (χ0v) is 16.5. The second-order valence-corrected chi connectivity index (χ2v) is 7.59. The summed E-state index contributed by atoms with van der Waals surface area (Å²) in [5, 5.41) is 69.1. The van der Waals surface area contributed by atoms with Crippen LogP contribution in [0, 0.1) is 0 Å². The third-order valence-corrected chi connectivity index (χ3v) is 5.49. The Labute approximate surface area is 181 Å². The van der Waals surface area contributed by atoms with Crippen molar-refractivity contribution in [2.24, 2.45) is 0 Å². The normalized spacial score (nSPS) is 29.8. The van der Waals surface area contributed by atoms with Gasteiger partial charge < -0.3 is 50.0 Å². The van der Waals surface area contributed by atoms with Crippen molar-refractivity contribution in [2.75, 3.05) is 6.61 Å². The molecule has 172 valence electrons. The molecule has 0 spiro atoms. The highest BCUT2D eigenvalue weighted by molar-refractivity contribution is 6.01. The summed E-state index contributed by atoms with van der Waals surface area (Å²) in [5.41, 5.74) is 0.474. The number of Topliss-reactive ketones (excluding diaryl/α,β-unsaturated/α-hetero) is 1. The molecule has 7 N–H and O–H groups in total. The van der Waals surface area contributed by atoms with Crippen molar-refractivity contribution >= 4 is 5.78 Å². The Morgan fingerprint density at radius 3 is 2.41 bits per heavy atom. The molecule has 0 saturated carbocycles. The number of aliphatic hydroxyl groups excluding tert-OH is 4. The molecular formula is C21H22O11. The lowest BCUT2D eigenvalue weighted by molar-refractivity contribution is -0.277. The molecule has 0 unspecified atom stereocenters. The van der Waals surface area contributed by atoms with Crippen molar-refractivity contribution in [2.45, 2.75) is 43.2 Å². The molecule has 2 heterocycles. The quantitative estimate of drug-likeness (QED) is 0.303. The molecule has 0 aliphatic carbocycles. The van der Waals surface area contributed by atoms with E-state index in [1.165, 1.54) is 30.3 Å². The maximum absolute atomic E-state index is 12.6. The number of hydrogen-bond donors (Lipinski definition) is 7. The van der Waals surface area contributed by atoms with E-state index in [-0.39, 0.29) is 35.0 Å². The summed E-state index contributed by atoms with van der Waals surface area (Å²) < 4.78 is 16.5. The Morgan fingerprint density at radius 1 is 0.969 bits per heavy atom. The molecule has 11 nitrogen and oxygen atoms in total. The Morgan fingerprint density at radius 2 is 1.72 bits per heavy atom. The number of rotatable bonds is 4. The van der Waals surface area contributed by atoms with Gasteiger partial charge in [0, 0.05) is 0 Å². The third kappa shape index (κ3) is 3.80. The van der Waals surface area contributed by atoms with Crippen LogP contribution in [0.25, 0.3) is 0 Å². The minimum atomic E-state index is -1.70. The Balaban J connectivity index is 1.61. The SMILES string of the molecule is O=C1C[C@H](c2ccc(O)c(O)c2)Oc2c1ccc(O[C@@H]1O[C@@H](CO)[C@H](O)[C@@H](O)[C@H]1O)c2O. The van der Waals surface area contributed by atoms with E-state index in [0.717, 1.165) is 0 Å². The Kier molecular flexibility index (Phi) is 5.84. The van der Waals surface area contributed by atoms with Gasteiger partial charge in [0.1, 0.15) is 30.5 Å². The minimum Gasteiger partial charge on any atom is -0.504 e. The van der Waals surface area contributed by atoms with E-state index in [1.807, 2.05) is 0 Å². The molecule has 4 rings (SSSR count). The van der Waals surface area contributed by atoms with Gasteiger partial charge in [-0.25, -0.2) is 0 Å². The van der Waals surface area contributed by atoms with Gasteiger partial charge in [-0.2, -0.15) is 0 Å². The smallest absolute Gasteiger partial charge is 0.229 e. The van der Waals surface area contributed by atoms with E-state index < -0.39 is 54.9 Å². The molecule has 2 aromatic rings. The highest BCUT2D eigenvalue weighted by Gasteiger charge is 2.45. The summed E-state index contributed by atoms with van der Waals surface area (Å²) >= 11 is 0. The summed E-state index contributed by atoms with van der Waals surface area (Å²) in [4.78, 5) is 12.6. The molecule has 1 fully saturated rings. The first-order valence-corrected chi connectivity index (χ1v) is 9.76. The van der Waals surface area contributed by atoms with Gasteiger partial charge >= 0.3 is 0 Å². The van der Waals surface area contributed by atoms with Crippen molar-refractivity contribution in [3.63, 3.8) is 0 Å². The van der Waals surface area contributed by atoms with Gasteiger partial charge in [0.05, 0.1) is 18.6 Å². The predicted molar refractivity (Wildman–Crippen MR) is 105 cm³/mol. The number of ketones is 1. The van der Waals surface area contributed by atoms with Crippen LogP contribution in [0.3, 0.4) is 0 Å². The molecule has 6 atom stereocenters. The van der Waals surface area contributed by atoms with Crippen LogP contribution in [0.5, 0.6) is 28.7 Å². The number of fused-ring (bicyclic) bond motifs is 1. The second kappa shape index (κ2) is 8.45. The van der Waals surface area contributed by atoms with Gasteiger partial charge in [-0.15, -0.1) is 0 Å². The average molecular weight is 450 g/mol. The van der Waals surface area contributed by atoms with Crippen LogP contribution in [0.15, 0.2) is 30.3 Å². The predicted octanol–water partition coefficient (Wildman–Crippen LogP) is -0.311. The molecule has 0 aromatic heterocycles. The van der Waals surface area contributed by atoms with E-state index in [4.69, 9.17) is 14.2 Å². The van der Waals surface area contributed by atoms with Gasteiger partial charge in [-0.1, -0.05) is 6.07 Å². The zero-order valence-electron chi connectivity index (χ0n) is 16.5. The first kappa shape index (κ1) is 22.1. The summed E-state index contributed by atoms with van der Waals surface area (Å²) in [5.74, 6) is -2.09. The maximum Gasteiger partial charge on any atom is 0.229 e. The largest absolute Gasteiger partial charge is 0.504 e. The number of carbonyl (C=O) groups excluding carboxylic acids is 1. The number of phenols is 3. The van der Waals surface area contributed by atoms with Crippen molar-refractivity contribution in [3.05, 3.63) is 41.5 Å². The Hall–Kier alpha value is -3.09. The van der Waals surface area contributed by atoms with Crippen LogP contribution in [0.4, 0.5) is 0 Å². The first-order valence-electron chi connectivity index (χ1n) is 9.76. The van der Waals surface area contributed by atoms with Crippen molar-refractivity contribution in [1.82, 2.24) is 0 Å². The number of benzene rings is 2.